The van der Waals surface area contributed by atoms with E-state index in [9.17, 15) is 0 Å². The smallest absolute Gasteiger partial charge is 0.123 e. The van der Waals surface area contributed by atoms with Gasteiger partial charge in [-0.3, -0.25) is 0 Å². The van der Waals surface area contributed by atoms with Gasteiger partial charge in [-0.25, -0.2) is 4.98 Å². The summed E-state index contributed by atoms with van der Waals surface area (Å²) < 4.78 is 3.32. The van der Waals surface area contributed by atoms with Crippen LogP contribution in [-0.2, 0) is 13.1 Å². The Balaban J connectivity index is 2.03. The standard InChI is InChI=1S/C12H12BrN3/c13-10-3-1-2-9(6-10)11-8-16-5-4-14-7-12(16)15-11/h1-3,6,8,14H,4-5,7H2. The average Bonchev–Trinajstić information content (AvgIpc) is 2.72. The van der Waals surface area contributed by atoms with Crippen LogP contribution in [0.1, 0.15) is 5.82 Å². The van der Waals surface area contributed by atoms with Crippen molar-refractivity contribution in [2.75, 3.05) is 6.54 Å². The molecule has 1 N–H and O–H groups in total. The fourth-order valence-corrected chi connectivity index (χ4v) is 2.37. The molecule has 0 atom stereocenters. The second kappa shape index (κ2) is 4.03. The molecule has 1 aliphatic heterocycles. The summed E-state index contributed by atoms with van der Waals surface area (Å²) in [6.45, 7) is 2.91. The molecule has 2 heterocycles. The van der Waals surface area contributed by atoms with Crippen LogP contribution in [0.3, 0.4) is 0 Å². The van der Waals surface area contributed by atoms with Crippen LogP contribution in [-0.4, -0.2) is 16.1 Å². The highest BCUT2D eigenvalue weighted by molar-refractivity contribution is 9.10. The summed E-state index contributed by atoms with van der Waals surface area (Å²) in [7, 11) is 0. The predicted octanol–water partition coefficient (Wildman–Crippen LogP) is 2.42. The maximum Gasteiger partial charge on any atom is 0.123 e. The number of halogens is 1. The van der Waals surface area contributed by atoms with Crippen molar-refractivity contribution in [3.63, 3.8) is 0 Å². The highest BCUT2D eigenvalue weighted by Gasteiger charge is 2.12. The molecule has 0 aliphatic carbocycles. The Kier molecular flexibility index (Phi) is 2.53. The molecule has 4 heteroatoms. The summed E-state index contributed by atoms with van der Waals surface area (Å²) >= 11 is 3.48. The van der Waals surface area contributed by atoms with Crippen molar-refractivity contribution in [2.24, 2.45) is 0 Å². The van der Waals surface area contributed by atoms with Gasteiger partial charge in [0.25, 0.3) is 0 Å². The van der Waals surface area contributed by atoms with E-state index in [4.69, 9.17) is 0 Å². The molecule has 2 aromatic rings. The van der Waals surface area contributed by atoms with Gasteiger partial charge < -0.3 is 9.88 Å². The minimum atomic E-state index is 0.869. The van der Waals surface area contributed by atoms with Gasteiger partial charge >= 0.3 is 0 Å². The summed E-state index contributed by atoms with van der Waals surface area (Å²) in [4.78, 5) is 4.64. The lowest BCUT2D eigenvalue weighted by Gasteiger charge is -2.13. The molecule has 0 saturated heterocycles. The van der Waals surface area contributed by atoms with Gasteiger partial charge in [0.2, 0.25) is 0 Å². The van der Waals surface area contributed by atoms with Gasteiger partial charge in [0, 0.05) is 29.3 Å². The molecule has 0 radical (unpaired) electrons. The molecular formula is C12H12BrN3. The Bertz CT molecular complexity index is 495. The minimum Gasteiger partial charge on any atom is -0.332 e. The van der Waals surface area contributed by atoms with Gasteiger partial charge in [0.1, 0.15) is 5.82 Å². The number of fused-ring (bicyclic) bond motifs is 1. The SMILES string of the molecule is Brc1cccc(-c2cn3c(n2)CNCC3)c1. The molecule has 3 nitrogen and oxygen atoms in total. The highest BCUT2D eigenvalue weighted by atomic mass is 79.9. The van der Waals surface area contributed by atoms with E-state index in [-0.39, 0.29) is 0 Å². The summed E-state index contributed by atoms with van der Waals surface area (Å²) in [5, 5.41) is 3.32. The van der Waals surface area contributed by atoms with Crippen molar-refractivity contribution in [1.82, 2.24) is 14.9 Å². The van der Waals surface area contributed by atoms with Gasteiger partial charge in [-0.1, -0.05) is 28.1 Å². The monoisotopic (exact) mass is 277 g/mol. The molecule has 0 fully saturated rings. The molecule has 0 bridgehead atoms. The number of rotatable bonds is 1. The van der Waals surface area contributed by atoms with E-state index in [0.717, 1.165) is 41.2 Å². The lowest BCUT2D eigenvalue weighted by molar-refractivity contribution is 0.505. The van der Waals surface area contributed by atoms with Gasteiger partial charge in [0.05, 0.1) is 12.2 Å². The summed E-state index contributed by atoms with van der Waals surface area (Å²) in [5.41, 5.74) is 2.22. The van der Waals surface area contributed by atoms with Crippen LogP contribution in [0.4, 0.5) is 0 Å². The van der Waals surface area contributed by atoms with E-state index in [1.807, 2.05) is 12.1 Å². The van der Waals surface area contributed by atoms with Crippen LogP contribution in [0.15, 0.2) is 34.9 Å². The number of benzene rings is 1. The topological polar surface area (TPSA) is 29.9 Å². The van der Waals surface area contributed by atoms with Gasteiger partial charge in [0.15, 0.2) is 0 Å². The maximum absolute atomic E-state index is 4.64. The largest absolute Gasteiger partial charge is 0.332 e. The Hall–Kier alpha value is -1.13. The van der Waals surface area contributed by atoms with E-state index in [2.05, 4.69) is 49.1 Å². The zero-order chi connectivity index (χ0) is 11.0. The first-order valence-electron chi connectivity index (χ1n) is 5.35. The van der Waals surface area contributed by atoms with E-state index in [1.54, 1.807) is 0 Å². The molecule has 0 amide bonds. The van der Waals surface area contributed by atoms with Crippen LogP contribution < -0.4 is 5.32 Å². The van der Waals surface area contributed by atoms with Crippen molar-refractivity contribution in [2.45, 2.75) is 13.1 Å². The number of imidazole rings is 1. The highest BCUT2D eigenvalue weighted by Crippen LogP contribution is 2.22. The molecule has 1 aromatic carbocycles. The lowest BCUT2D eigenvalue weighted by atomic mass is 10.2. The second-order valence-electron chi connectivity index (χ2n) is 3.92. The van der Waals surface area contributed by atoms with E-state index < -0.39 is 0 Å². The van der Waals surface area contributed by atoms with Crippen molar-refractivity contribution >= 4 is 15.9 Å². The zero-order valence-corrected chi connectivity index (χ0v) is 10.4. The third kappa shape index (κ3) is 1.79. The zero-order valence-electron chi connectivity index (χ0n) is 8.78. The lowest BCUT2D eigenvalue weighted by Crippen LogP contribution is -2.27. The first kappa shape index (κ1) is 10.1. The van der Waals surface area contributed by atoms with Gasteiger partial charge in [-0.2, -0.15) is 0 Å². The summed E-state index contributed by atoms with van der Waals surface area (Å²) in [5.74, 6) is 1.13. The fraction of sp³-hybridized carbons (Fsp3) is 0.250. The molecule has 3 rings (SSSR count). The van der Waals surface area contributed by atoms with Crippen molar-refractivity contribution < 1.29 is 0 Å². The first-order chi connectivity index (χ1) is 7.83. The summed E-state index contributed by atoms with van der Waals surface area (Å²) in [6.07, 6.45) is 2.14. The number of nitrogens with zero attached hydrogens (tertiary/aromatic N) is 2. The van der Waals surface area contributed by atoms with Crippen molar-refractivity contribution in [1.29, 1.82) is 0 Å². The number of aromatic nitrogens is 2. The Morgan fingerprint density at radius 3 is 3.12 bits per heavy atom. The molecule has 0 unspecified atom stereocenters. The van der Waals surface area contributed by atoms with E-state index in [1.165, 1.54) is 0 Å². The van der Waals surface area contributed by atoms with Crippen molar-refractivity contribution in [3.05, 3.63) is 40.8 Å². The van der Waals surface area contributed by atoms with E-state index in [0.29, 0.717) is 0 Å². The number of hydrogen-bond donors (Lipinski definition) is 1. The van der Waals surface area contributed by atoms with Crippen LogP contribution in [0.5, 0.6) is 0 Å². The fourth-order valence-electron chi connectivity index (χ4n) is 1.98. The maximum atomic E-state index is 4.64. The normalized spacial score (nSPS) is 14.8. The van der Waals surface area contributed by atoms with Crippen LogP contribution in [0, 0.1) is 0 Å². The van der Waals surface area contributed by atoms with Crippen molar-refractivity contribution in [3.8, 4) is 11.3 Å². The molecular weight excluding hydrogens is 266 g/mol. The molecule has 82 valence electrons. The predicted molar refractivity (Wildman–Crippen MR) is 67.1 cm³/mol. The molecule has 0 saturated carbocycles. The van der Waals surface area contributed by atoms with E-state index >= 15 is 0 Å². The Morgan fingerprint density at radius 1 is 1.38 bits per heavy atom. The first-order valence-corrected chi connectivity index (χ1v) is 6.15. The number of nitrogens with one attached hydrogen (secondary N) is 1. The summed E-state index contributed by atoms with van der Waals surface area (Å²) in [6, 6.07) is 8.26. The van der Waals surface area contributed by atoms with Crippen LogP contribution in [0.25, 0.3) is 11.3 Å². The van der Waals surface area contributed by atoms with Gasteiger partial charge in [-0.15, -0.1) is 0 Å². The van der Waals surface area contributed by atoms with Crippen LogP contribution in [0.2, 0.25) is 0 Å². The minimum absolute atomic E-state index is 0.869. The van der Waals surface area contributed by atoms with Gasteiger partial charge in [-0.05, 0) is 12.1 Å². The average molecular weight is 278 g/mol. The van der Waals surface area contributed by atoms with Crippen LogP contribution >= 0.6 is 15.9 Å². The molecule has 1 aliphatic rings. The third-order valence-corrected chi connectivity index (χ3v) is 3.29. The third-order valence-electron chi connectivity index (χ3n) is 2.79. The quantitative estimate of drug-likeness (QED) is 0.868. The second-order valence-corrected chi connectivity index (χ2v) is 4.84. The molecule has 16 heavy (non-hydrogen) atoms. The number of hydrogen-bond acceptors (Lipinski definition) is 2. The Labute approximate surface area is 103 Å². The molecule has 1 aromatic heterocycles. The Morgan fingerprint density at radius 2 is 2.31 bits per heavy atom. The molecule has 0 spiro atoms.